The first-order valence-corrected chi connectivity index (χ1v) is 9.10. The standard InChI is InChI=1S/C26H22.2Li.2H/c1-5-13-22(14-6-1)21-26(23-15-7-2-8-16-23,24-17-9-3-10-18-24)25-19-11-4-12-20-25;;;;/h1-20H,21H2;;;;/q;2*+1;2*-1. The predicted molar refractivity (Wildman–Crippen MR) is 112 cm³/mol. The fourth-order valence-electron chi connectivity index (χ4n) is 3.88. The molecule has 28 heavy (non-hydrogen) atoms. The molecule has 0 heterocycles. The molecule has 0 amide bonds. The van der Waals surface area contributed by atoms with E-state index in [0.717, 1.165) is 6.42 Å². The summed E-state index contributed by atoms with van der Waals surface area (Å²) in [6.07, 6.45) is 0.922. The van der Waals surface area contributed by atoms with Gasteiger partial charge in [0.2, 0.25) is 0 Å². The summed E-state index contributed by atoms with van der Waals surface area (Å²) in [5.41, 5.74) is 5.08. The zero-order chi connectivity index (χ0) is 17.7. The maximum atomic E-state index is 2.25. The Balaban J connectivity index is 0.00000210. The predicted octanol–water partition coefficient (Wildman–Crippen LogP) is 0.497. The Kier molecular flexibility index (Phi) is 8.45. The Labute approximate surface area is 195 Å². The Morgan fingerprint density at radius 1 is 0.429 bits per heavy atom. The number of hydrogen-bond donors (Lipinski definition) is 0. The van der Waals surface area contributed by atoms with Crippen molar-refractivity contribution in [3.05, 3.63) is 144 Å². The third kappa shape index (κ3) is 4.55. The van der Waals surface area contributed by atoms with Gasteiger partial charge in [0.1, 0.15) is 0 Å². The zero-order valence-electron chi connectivity index (χ0n) is 18.8. The molecule has 2 heteroatoms. The van der Waals surface area contributed by atoms with Crippen LogP contribution in [0.25, 0.3) is 0 Å². The van der Waals surface area contributed by atoms with Gasteiger partial charge in [0, 0.05) is 5.41 Å². The molecule has 0 radical (unpaired) electrons. The SMILES string of the molecule is [H-].[H-].[Li+].[Li+].c1ccc(CC(c2ccccc2)(c2ccccc2)c2ccccc2)cc1. The molecule has 4 rings (SSSR count). The summed E-state index contributed by atoms with van der Waals surface area (Å²) in [4.78, 5) is 0. The minimum atomic E-state index is -0.217. The molecule has 0 saturated carbocycles. The number of hydrogen-bond acceptors (Lipinski definition) is 0. The van der Waals surface area contributed by atoms with E-state index in [0.29, 0.717) is 0 Å². The van der Waals surface area contributed by atoms with Gasteiger partial charge in [-0.2, -0.15) is 0 Å². The third-order valence-electron chi connectivity index (χ3n) is 5.11. The molecule has 0 aliphatic carbocycles. The average molecular weight is 350 g/mol. The van der Waals surface area contributed by atoms with Gasteiger partial charge in [-0.3, -0.25) is 0 Å². The smallest absolute Gasteiger partial charge is 1.00 e. The normalized spacial score (nSPS) is 10.4. The summed E-state index contributed by atoms with van der Waals surface area (Å²) in [7, 11) is 0. The molecule has 0 bridgehead atoms. The van der Waals surface area contributed by atoms with Crippen molar-refractivity contribution in [3.8, 4) is 0 Å². The minimum Gasteiger partial charge on any atom is -1.00 e. The van der Waals surface area contributed by atoms with Crippen LogP contribution in [0.2, 0.25) is 0 Å². The molecule has 0 unspecified atom stereocenters. The van der Waals surface area contributed by atoms with E-state index in [4.69, 9.17) is 0 Å². The van der Waals surface area contributed by atoms with Gasteiger partial charge in [-0.25, -0.2) is 0 Å². The van der Waals surface area contributed by atoms with Gasteiger partial charge < -0.3 is 2.85 Å². The summed E-state index contributed by atoms with van der Waals surface area (Å²) in [5.74, 6) is 0. The van der Waals surface area contributed by atoms with Crippen molar-refractivity contribution in [2.45, 2.75) is 11.8 Å². The van der Waals surface area contributed by atoms with Crippen molar-refractivity contribution in [2.24, 2.45) is 0 Å². The fraction of sp³-hybridized carbons (Fsp3) is 0.0769. The molecule has 130 valence electrons. The molecule has 0 saturated heterocycles. The van der Waals surface area contributed by atoms with Gasteiger partial charge in [0.25, 0.3) is 0 Å². The van der Waals surface area contributed by atoms with Crippen LogP contribution in [-0.2, 0) is 11.8 Å². The van der Waals surface area contributed by atoms with E-state index in [9.17, 15) is 0 Å². The second-order valence-electron chi connectivity index (χ2n) is 6.67. The Hall–Kier alpha value is -1.93. The molecule has 0 aliphatic heterocycles. The van der Waals surface area contributed by atoms with E-state index in [1.807, 2.05) is 0 Å². The molecular formula is C26H24Li2. The van der Waals surface area contributed by atoms with Crippen molar-refractivity contribution in [2.75, 3.05) is 0 Å². The second kappa shape index (κ2) is 10.6. The molecule has 0 N–H and O–H groups in total. The Morgan fingerprint density at radius 2 is 0.714 bits per heavy atom. The molecule has 0 spiro atoms. The van der Waals surface area contributed by atoms with Gasteiger partial charge in [0.15, 0.2) is 0 Å². The van der Waals surface area contributed by atoms with Crippen LogP contribution in [0.5, 0.6) is 0 Å². The summed E-state index contributed by atoms with van der Waals surface area (Å²) >= 11 is 0. The first-order valence-electron chi connectivity index (χ1n) is 9.10. The first-order chi connectivity index (χ1) is 12.9. The van der Waals surface area contributed by atoms with E-state index in [-0.39, 0.29) is 46.0 Å². The molecule has 0 nitrogen and oxygen atoms in total. The Bertz CT molecular complexity index is 851. The summed E-state index contributed by atoms with van der Waals surface area (Å²) in [5, 5.41) is 0. The van der Waals surface area contributed by atoms with Gasteiger partial charge in [-0.15, -0.1) is 0 Å². The monoisotopic (exact) mass is 350 g/mol. The van der Waals surface area contributed by atoms with Crippen molar-refractivity contribution < 1.29 is 40.6 Å². The minimum absolute atomic E-state index is 0. The quantitative estimate of drug-likeness (QED) is 0.363. The van der Waals surface area contributed by atoms with Crippen LogP contribution >= 0.6 is 0 Å². The van der Waals surface area contributed by atoms with Gasteiger partial charge in [-0.05, 0) is 28.7 Å². The Morgan fingerprint density at radius 3 is 1.04 bits per heavy atom. The molecule has 0 atom stereocenters. The number of benzene rings is 4. The van der Waals surface area contributed by atoms with Gasteiger partial charge in [0.05, 0.1) is 0 Å². The average Bonchev–Trinajstić information content (AvgIpc) is 2.75. The zero-order valence-corrected chi connectivity index (χ0v) is 16.8. The largest absolute Gasteiger partial charge is 1.00 e. The third-order valence-corrected chi connectivity index (χ3v) is 5.11. The molecular weight excluding hydrogens is 326 g/mol. The summed E-state index contributed by atoms with van der Waals surface area (Å²) in [6, 6.07) is 43.4. The van der Waals surface area contributed by atoms with E-state index in [1.54, 1.807) is 0 Å². The maximum Gasteiger partial charge on any atom is 1.00 e. The van der Waals surface area contributed by atoms with E-state index < -0.39 is 0 Å². The van der Waals surface area contributed by atoms with Crippen LogP contribution in [0.1, 0.15) is 25.1 Å². The molecule has 0 fully saturated rings. The number of rotatable bonds is 5. The van der Waals surface area contributed by atoms with Crippen molar-refractivity contribution in [3.63, 3.8) is 0 Å². The van der Waals surface area contributed by atoms with Gasteiger partial charge >= 0.3 is 37.7 Å². The maximum absolute atomic E-state index is 2.25. The molecule has 0 aliphatic rings. The van der Waals surface area contributed by atoms with E-state index in [1.165, 1.54) is 22.3 Å². The van der Waals surface area contributed by atoms with Crippen molar-refractivity contribution in [1.82, 2.24) is 0 Å². The second-order valence-corrected chi connectivity index (χ2v) is 6.67. The van der Waals surface area contributed by atoms with Crippen LogP contribution < -0.4 is 37.7 Å². The van der Waals surface area contributed by atoms with Crippen LogP contribution in [-0.4, -0.2) is 0 Å². The molecule has 4 aromatic rings. The van der Waals surface area contributed by atoms with Crippen LogP contribution in [0.15, 0.2) is 121 Å². The van der Waals surface area contributed by atoms with Crippen LogP contribution in [0, 0.1) is 0 Å². The topological polar surface area (TPSA) is 0 Å². The van der Waals surface area contributed by atoms with Crippen LogP contribution in [0.3, 0.4) is 0 Å². The molecule has 4 aromatic carbocycles. The van der Waals surface area contributed by atoms with E-state index in [2.05, 4.69) is 121 Å². The van der Waals surface area contributed by atoms with Crippen molar-refractivity contribution in [1.29, 1.82) is 0 Å². The summed E-state index contributed by atoms with van der Waals surface area (Å²) in [6.45, 7) is 0. The van der Waals surface area contributed by atoms with Crippen molar-refractivity contribution >= 4 is 0 Å². The first kappa shape index (κ1) is 22.4. The summed E-state index contributed by atoms with van der Waals surface area (Å²) < 4.78 is 0. The van der Waals surface area contributed by atoms with Crippen LogP contribution in [0.4, 0.5) is 0 Å². The fourth-order valence-corrected chi connectivity index (χ4v) is 3.88. The molecule has 0 aromatic heterocycles. The van der Waals surface area contributed by atoms with Gasteiger partial charge in [-0.1, -0.05) is 121 Å². The van der Waals surface area contributed by atoms with E-state index >= 15 is 0 Å².